The van der Waals surface area contributed by atoms with Gasteiger partial charge in [-0.15, -0.1) is 0 Å². The molecule has 0 radical (unpaired) electrons. The molecule has 0 saturated heterocycles. The van der Waals surface area contributed by atoms with Crippen molar-refractivity contribution in [1.82, 2.24) is 0 Å². The summed E-state index contributed by atoms with van der Waals surface area (Å²) in [4.78, 5) is 12.2. The van der Waals surface area contributed by atoms with Crippen LogP contribution in [0.5, 0.6) is 0 Å². The molecular formula is C13H16ClNO. The predicted molar refractivity (Wildman–Crippen MR) is 66.8 cm³/mol. The molecule has 1 fully saturated rings. The largest absolute Gasteiger partial charge is 0.398 e. The van der Waals surface area contributed by atoms with E-state index in [9.17, 15) is 4.79 Å². The Balaban J connectivity index is 2.16. The number of Topliss-reactive ketones (excluding diaryl/α,β-unsaturated/α-hetero) is 1. The predicted octanol–water partition coefficient (Wildman–Crippen LogP) is 3.69. The second-order valence-corrected chi connectivity index (χ2v) is 4.84. The highest BCUT2D eigenvalue weighted by Gasteiger charge is 2.22. The summed E-state index contributed by atoms with van der Waals surface area (Å²) in [5.74, 6) is 0.414. The third kappa shape index (κ3) is 2.38. The highest BCUT2D eigenvalue weighted by molar-refractivity contribution is 6.33. The van der Waals surface area contributed by atoms with E-state index in [1.54, 1.807) is 18.2 Å². The lowest BCUT2D eigenvalue weighted by molar-refractivity contribution is 0.0889. The third-order valence-corrected chi connectivity index (χ3v) is 3.60. The Kier molecular flexibility index (Phi) is 3.49. The van der Waals surface area contributed by atoms with Crippen LogP contribution in [0.15, 0.2) is 18.2 Å². The number of anilines is 1. The summed E-state index contributed by atoms with van der Waals surface area (Å²) in [6, 6.07) is 5.17. The van der Waals surface area contributed by atoms with Crippen LogP contribution in [0, 0.1) is 5.92 Å². The van der Waals surface area contributed by atoms with Crippen molar-refractivity contribution >= 4 is 23.1 Å². The maximum Gasteiger partial charge on any atom is 0.166 e. The molecule has 1 aromatic rings. The first-order valence-electron chi connectivity index (χ1n) is 5.77. The van der Waals surface area contributed by atoms with Crippen LogP contribution in [-0.4, -0.2) is 5.78 Å². The monoisotopic (exact) mass is 237 g/mol. The molecule has 0 aromatic heterocycles. The van der Waals surface area contributed by atoms with Crippen LogP contribution >= 0.6 is 11.6 Å². The first-order chi connectivity index (χ1) is 7.68. The normalized spacial score (nSPS) is 17.3. The number of hydrogen-bond donors (Lipinski definition) is 1. The number of ketones is 1. The van der Waals surface area contributed by atoms with Gasteiger partial charge in [0.15, 0.2) is 5.78 Å². The number of rotatable bonds is 2. The standard InChI is InChI=1S/C13H16ClNO/c14-11-7-6-10(8-12(11)15)13(16)9-4-2-1-3-5-9/h6-9H,1-5,15H2. The number of nitrogens with two attached hydrogens (primary N) is 1. The van der Waals surface area contributed by atoms with Gasteiger partial charge in [-0.2, -0.15) is 0 Å². The molecule has 3 heteroatoms. The summed E-state index contributed by atoms with van der Waals surface area (Å²) >= 11 is 5.83. The highest BCUT2D eigenvalue weighted by Crippen LogP contribution is 2.28. The van der Waals surface area contributed by atoms with Crippen molar-refractivity contribution in [2.75, 3.05) is 5.73 Å². The summed E-state index contributed by atoms with van der Waals surface area (Å²) < 4.78 is 0. The molecule has 86 valence electrons. The average molecular weight is 238 g/mol. The van der Waals surface area contributed by atoms with Gasteiger partial charge in [-0.1, -0.05) is 30.9 Å². The second-order valence-electron chi connectivity index (χ2n) is 4.44. The van der Waals surface area contributed by atoms with Gasteiger partial charge < -0.3 is 5.73 Å². The Labute approximate surface area is 101 Å². The molecule has 0 atom stereocenters. The van der Waals surface area contributed by atoms with Crippen molar-refractivity contribution in [2.24, 2.45) is 5.92 Å². The lowest BCUT2D eigenvalue weighted by Crippen LogP contribution is -2.17. The summed E-state index contributed by atoms with van der Waals surface area (Å²) in [6.45, 7) is 0. The van der Waals surface area contributed by atoms with Crippen molar-refractivity contribution in [3.63, 3.8) is 0 Å². The Morgan fingerprint density at radius 1 is 1.25 bits per heavy atom. The van der Waals surface area contributed by atoms with E-state index in [1.807, 2.05) is 0 Å². The smallest absolute Gasteiger partial charge is 0.166 e. The van der Waals surface area contributed by atoms with E-state index in [0.717, 1.165) is 12.8 Å². The van der Waals surface area contributed by atoms with E-state index in [0.29, 0.717) is 16.3 Å². The molecule has 0 heterocycles. The van der Waals surface area contributed by atoms with Gasteiger partial charge in [-0.3, -0.25) is 4.79 Å². The number of carbonyl (C=O) groups is 1. The van der Waals surface area contributed by atoms with Gasteiger partial charge in [-0.25, -0.2) is 0 Å². The number of nitrogen functional groups attached to an aromatic ring is 1. The number of hydrogen-bond acceptors (Lipinski definition) is 2. The zero-order valence-electron chi connectivity index (χ0n) is 9.21. The van der Waals surface area contributed by atoms with Crippen molar-refractivity contribution < 1.29 is 4.79 Å². The van der Waals surface area contributed by atoms with Crippen LogP contribution < -0.4 is 5.73 Å². The van der Waals surface area contributed by atoms with Crippen LogP contribution in [0.1, 0.15) is 42.5 Å². The van der Waals surface area contributed by atoms with E-state index in [2.05, 4.69) is 0 Å². The van der Waals surface area contributed by atoms with Crippen LogP contribution in [-0.2, 0) is 0 Å². The van der Waals surface area contributed by atoms with Gasteiger partial charge in [0.05, 0.1) is 10.7 Å². The Bertz CT molecular complexity index is 397. The summed E-state index contributed by atoms with van der Waals surface area (Å²) in [5.41, 5.74) is 6.90. The molecule has 2 rings (SSSR count). The van der Waals surface area contributed by atoms with E-state index < -0.39 is 0 Å². The number of carbonyl (C=O) groups excluding carboxylic acids is 1. The van der Waals surface area contributed by atoms with Crippen molar-refractivity contribution in [3.05, 3.63) is 28.8 Å². The third-order valence-electron chi connectivity index (χ3n) is 3.26. The minimum atomic E-state index is 0.189. The highest BCUT2D eigenvalue weighted by atomic mass is 35.5. The molecule has 2 nitrogen and oxygen atoms in total. The Morgan fingerprint density at radius 3 is 2.56 bits per heavy atom. The van der Waals surface area contributed by atoms with Crippen molar-refractivity contribution in [3.8, 4) is 0 Å². The van der Waals surface area contributed by atoms with E-state index in [1.165, 1.54) is 19.3 Å². The molecule has 16 heavy (non-hydrogen) atoms. The van der Waals surface area contributed by atoms with Crippen LogP contribution in [0.3, 0.4) is 0 Å². The minimum Gasteiger partial charge on any atom is -0.398 e. The zero-order valence-corrected chi connectivity index (χ0v) is 9.96. The van der Waals surface area contributed by atoms with Gasteiger partial charge >= 0.3 is 0 Å². The van der Waals surface area contributed by atoms with Gasteiger partial charge in [0.25, 0.3) is 0 Å². The lowest BCUT2D eigenvalue weighted by Gasteiger charge is -2.20. The number of benzene rings is 1. The van der Waals surface area contributed by atoms with Crippen molar-refractivity contribution in [2.45, 2.75) is 32.1 Å². The quantitative estimate of drug-likeness (QED) is 0.630. The van der Waals surface area contributed by atoms with Gasteiger partial charge in [0.2, 0.25) is 0 Å². The molecular weight excluding hydrogens is 222 g/mol. The summed E-state index contributed by atoms with van der Waals surface area (Å²) in [6.07, 6.45) is 5.62. The minimum absolute atomic E-state index is 0.189. The lowest BCUT2D eigenvalue weighted by atomic mass is 9.84. The SMILES string of the molecule is Nc1cc(C(=O)C2CCCCC2)ccc1Cl. The zero-order chi connectivity index (χ0) is 11.5. The first-order valence-corrected chi connectivity index (χ1v) is 6.15. The molecule has 0 amide bonds. The van der Waals surface area contributed by atoms with Crippen LogP contribution in [0.4, 0.5) is 5.69 Å². The summed E-state index contributed by atoms with van der Waals surface area (Å²) in [7, 11) is 0. The molecule has 1 aliphatic rings. The van der Waals surface area contributed by atoms with E-state index in [4.69, 9.17) is 17.3 Å². The maximum absolute atomic E-state index is 12.2. The maximum atomic E-state index is 12.2. The second kappa shape index (κ2) is 4.88. The van der Waals surface area contributed by atoms with Crippen LogP contribution in [0.25, 0.3) is 0 Å². The molecule has 0 unspecified atom stereocenters. The summed E-state index contributed by atoms with van der Waals surface area (Å²) in [5, 5.41) is 0.514. The molecule has 0 spiro atoms. The molecule has 0 bridgehead atoms. The fraction of sp³-hybridized carbons (Fsp3) is 0.462. The topological polar surface area (TPSA) is 43.1 Å². The van der Waals surface area contributed by atoms with Gasteiger partial charge in [-0.05, 0) is 31.0 Å². The van der Waals surface area contributed by atoms with Gasteiger partial charge in [0.1, 0.15) is 0 Å². The molecule has 0 aliphatic heterocycles. The molecule has 1 aromatic carbocycles. The van der Waals surface area contributed by atoms with E-state index in [-0.39, 0.29) is 11.7 Å². The molecule has 1 aliphatic carbocycles. The molecule has 1 saturated carbocycles. The van der Waals surface area contributed by atoms with Gasteiger partial charge in [0, 0.05) is 11.5 Å². The first kappa shape index (κ1) is 11.5. The fourth-order valence-corrected chi connectivity index (χ4v) is 2.42. The van der Waals surface area contributed by atoms with E-state index >= 15 is 0 Å². The van der Waals surface area contributed by atoms with Crippen LogP contribution in [0.2, 0.25) is 5.02 Å². The average Bonchev–Trinajstić information content (AvgIpc) is 2.33. The Hall–Kier alpha value is -1.02. The fourth-order valence-electron chi connectivity index (χ4n) is 2.30. The number of halogens is 1. The van der Waals surface area contributed by atoms with Crippen molar-refractivity contribution in [1.29, 1.82) is 0 Å². The Morgan fingerprint density at radius 2 is 1.94 bits per heavy atom. The molecule has 2 N–H and O–H groups in total.